The molecule has 0 unspecified atom stereocenters. The van der Waals surface area contributed by atoms with Crippen molar-refractivity contribution < 1.29 is 4.79 Å². The third-order valence-electron chi connectivity index (χ3n) is 5.31. The van der Waals surface area contributed by atoms with Crippen LogP contribution in [0, 0.1) is 0 Å². The number of hydrogen-bond donors (Lipinski definition) is 0. The van der Waals surface area contributed by atoms with Crippen LogP contribution in [-0.4, -0.2) is 29.6 Å². The molecule has 32 heavy (non-hydrogen) atoms. The molecule has 1 amide bonds. The second-order valence-corrected chi connectivity index (χ2v) is 9.36. The van der Waals surface area contributed by atoms with E-state index >= 15 is 0 Å². The molecule has 1 saturated heterocycles. The number of para-hydroxylation sites is 2. The van der Waals surface area contributed by atoms with Gasteiger partial charge in [0.25, 0.3) is 5.91 Å². The van der Waals surface area contributed by atoms with E-state index in [2.05, 4.69) is 41.8 Å². The molecule has 2 aliphatic rings. The molecular formula is C26H21N3OS2. The predicted octanol–water partition coefficient (Wildman–Crippen LogP) is 6.51. The van der Waals surface area contributed by atoms with Gasteiger partial charge in [-0.3, -0.25) is 9.69 Å². The average Bonchev–Trinajstić information content (AvgIpc) is 3.32. The monoisotopic (exact) mass is 455 g/mol. The molecule has 5 rings (SSSR count). The van der Waals surface area contributed by atoms with Gasteiger partial charge in [0.2, 0.25) is 0 Å². The summed E-state index contributed by atoms with van der Waals surface area (Å²) in [4.78, 5) is 24.0. The molecule has 0 saturated carbocycles. The third kappa shape index (κ3) is 3.66. The lowest BCUT2D eigenvalue weighted by Crippen LogP contribution is -2.29. The van der Waals surface area contributed by atoms with Crippen LogP contribution in [0.2, 0.25) is 0 Å². The smallest absolute Gasteiger partial charge is 0.269 e. The minimum absolute atomic E-state index is 0.0343. The van der Waals surface area contributed by atoms with E-state index in [9.17, 15) is 4.79 Å². The van der Waals surface area contributed by atoms with E-state index in [1.54, 1.807) is 22.7 Å². The highest BCUT2D eigenvalue weighted by Crippen LogP contribution is 2.50. The van der Waals surface area contributed by atoms with E-state index < -0.39 is 0 Å². The molecule has 1 fully saturated rings. The van der Waals surface area contributed by atoms with Gasteiger partial charge in [0.05, 0.1) is 16.4 Å². The third-order valence-corrected chi connectivity index (χ3v) is 7.74. The summed E-state index contributed by atoms with van der Waals surface area (Å²) < 4.78 is 0. The first-order valence-corrected chi connectivity index (χ1v) is 11.9. The van der Waals surface area contributed by atoms with Gasteiger partial charge in [-0.2, -0.15) is 0 Å². The maximum Gasteiger partial charge on any atom is 0.269 e. The molecule has 6 heteroatoms. The number of carbonyl (C=O) groups is 1. The number of fused-ring (bicyclic) bond motifs is 1. The maximum absolute atomic E-state index is 13.4. The van der Waals surface area contributed by atoms with Gasteiger partial charge in [-0.25, -0.2) is 4.99 Å². The van der Waals surface area contributed by atoms with E-state index in [1.807, 2.05) is 55.6 Å². The summed E-state index contributed by atoms with van der Waals surface area (Å²) in [6.45, 7) is 4.26. The predicted molar refractivity (Wildman–Crippen MR) is 136 cm³/mol. The Kier molecular flexibility index (Phi) is 5.64. The average molecular weight is 456 g/mol. The fourth-order valence-electron chi connectivity index (χ4n) is 3.75. The number of carbonyl (C=O) groups excluding carboxylic acids is 1. The van der Waals surface area contributed by atoms with Crippen molar-refractivity contribution in [2.45, 2.75) is 4.90 Å². The molecular weight excluding hydrogens is 434 g/mol. The Balaban J connectivity index is 1.57. The van der Waals surface area contributed by atoms with E-state index in [0.717, 1.165) is 32.4 Å². The van der Waals surface area contributed by atoms with Crippen LogP contribution in [0.4, 0.5) is 11.4 Å². The number of amides is 1. The fraction of sp³-hybridized carbons (Fsp3) is 0.0769. The Labute approximate surface area is 196 Å². The van der Waals surface area contributed by atoms with Crippen LogP contribution in [-0.2, 0) is 4.79 Å². The van der Waals surface area contributed by atoms with Crippen molar-refractivity contribution >= 4 is 46.0 Å². The summed E-state index contributed by atoms with van der Waals surface area (Å²) in [5.41, 5.74) is 4.08. The Morgan fingerprint density at radius 1 is 0.938 bits per heavy atom. The first kappa shape index (κ1) is 20.7. The highest BCUT2D eigenvalue weighted by Gasteiger charge is 2.38. The van der Waals surface area contributed by atoms with Crippen LogP contribution in [0.15, 0.2) is 111 Å². The van der Waals surface area contributed by atoms with Gasteiger partial charge in [-0.05, 0) is 35.5 Å². The molecule has 158 valence electrons. The number of amidine groups is 1. The van der Waals surface area contributed by atoms with Gasteiger partial charge >= 0.3 is 0 Å². The molecule has 2 aliphatic heterocycles. The van der Waals surface area contributed by atoms with Crippen molar-refractivity contribution in [2.75, 3.05) is 18.5 Å². The number of anilines is 1. The van der Waals surface area contributed by atoms with Gasteiger partial charge in [-0.1, -0.05) is 78.5 Å². The molecule has 0 bridgehead atoms. The fourth-order valence-corrected chi connectivity index (χ4v) is 6.09. The molecule has 0 atom stereocenters. The summed E-state index contributed by atoms with van der Waals surface area (Å²) in [5.74, 6) is -0.0343. The molecule has 3 aromatic rings. The first-order valence-electron chi connectivity index (χ1n) is 10.3. The Hall–Kier alpha value is -3.22. The maximum atomic E-state index is 13.4. The van der Waals surface area contributed by atoms with Gasteiger partial charge in [0.1, 0.15) is 4.91 Å². The lowest BCUT2D eigenvalue weighted by Gasteiger charge is -2.15. The molecule has 2 heterocycles. The molecule has 4 nitrogen and oxygen atoms in total. The molecule has 0 aliphatic carbocycles. The number of nitrogens with zero attached hydrogens (tertiary/aromatic N) is 3. The Morgan fingerprint density at radius 2 is 1.66 bits per heavy atom. The van der Waals surface area contributed by atoms with Crippen LogP contribution >= 0.6 is 23.5 Å². The summed E-state index contributed by atoms with van der Waals surface area (Å²) in [5, 5.41) is 1.61. The second-order valence-electron chi connectivity index (χ2n) is 7.35. The van der Waals surface area contributed by atoms with Crippen molar-refractivity contribution in [1.82, 2.24) is 4.90 Å². The Bertz CT molecular complexity index is 1270. The zero-order valence-corrected chi connectivity index (χ0v) is 19.2. The van der Waals surface area contributed by atoms with E-state index in [-0.39, 0.29) is 5.91 Å². The summed E-state index contributed by atoms with van der Waals surface area (Å²) in [6.07, 6.45) is 1.74. The number of benzene rings is 3. The van der Waals surface area contributed by atoms with Crippen molar-refractivity contribution in [3.05, 3.63) is 101 Å². The van der Waals surface area contributed by atoms with Crippen LogP contribution < -0.4 is 4.90 Å². The van der Waals surface area contributed by atoms with Crippen molar-refractivity contribution in [3.8, 4) is 11.1 Å². The van der Waals surface area contributed by atoms with Crippen LogP contribution in [0.25, 0.3) is 11.1 Å². The molecule has 0 spiro atoms. The lowest BCUT2D eigenvalue weighted by atomic mass is 10.0. The van der Waals surface area contributed by atoms with E-state index in [4.69, 9.17) is 4.99 Å². The first-order chi connectivity index (χ1) is 15.7. The van der Waals surface area contributed by atoms with Crippen molar-refractivity contribution in [3.63, 3.8) is 0 Å². The highest BCUT2D eigenvalue weighted by atomic mass is 32.2. The van der Waals surface area contributed by atoms with Crippen molar-refractivity contribution in [1.29, 1.82) is 0 Å². The highest BCUT2D eigenvalue weighted by molar-refractivity contribution is 8.19. The number of hydrogen-bond acceptors (Lipinski definition) is 5. The summed E-state index contributed by atoms with van der Waals surface area (Å²) in [7, 11) is 2.01. The zero-order chi connectivity index (χ0) is 22.1. The van der Waals surface area contributed by atoms with Crippen molar-refractivity contribution in [2.24, 2.45) is 4.99 Å². The topological polar surface area (TPSA) is 35.9 Å². The van der Waals surface area contributed by atoms with E-state index in [0.29, 0.717) is 16.6 Å². The van der Waals surface area contributed by atoms with Gasteiger partial charge in [-0.15, -0.1) is 6.58 Å². The van der Waals surface area contributed by atoms with Crippen LogP contribution in [0.5, 0.6) is 0 Å². The number of thioether (sulfide) groups is 2. The lowest BCUT2D eigenvalue weighted by molar-refractivity contribution is -0.121. The largest absolute Gasteiger partial charge is 0.337 e. The molecule has 3 aromatic carbocycles. The van der Waals surface area contributed by atoms with Gasteiger partial charge in [0.15, 0.2) is 5.17 Å². The zero-order valence-electron chi connectivity index (χ0n) is 17.6. The molecule has 0 radical (unpaired) electrons. The molecule has 0 aromatic heterocycles. The second kappa shape index (κ2) is 8.73. The Morgan fingerprint density at radius 3 is 2.44 bits per heavy atom. The van der Waals surface area contributed by atoms with E-state index in [1.165, 1.54) is 11.8 Å². The summed E-state index contributed by atoms with van der Waals surface area (Å²) in [6, 6.07) is 26.4. The van der Waals surface area contributed by atoms with Gasteiger partial charge in [0, 0.05) is 24.1 Å². The minimum atomic E-state index is -0.0343. The number of rotatable bonds is 4. The summed E-state index contributed by atoms with van der Waals surface area (Å²) >= 11 is 3.06. The standard InChI is InChI=1S/C26H21N3OS2/c1-3-17-29-24(30)23(25-28(2)21-15-9-10-16-22(21)31-25)32-26(29)27-20-14-8-7-13-19(20)18-11-5-4-6-12-18/h3-16H,1,17H2,2H3. The minimum Gasteiger partial charge on any atom is -0.337 e. The molecule has 0 N–H and O–H groups in total. The van der Waals surface area contributed by atoms with Gasteiger partial charge < -0.3 is 4.90 Å². The number of aliphatic imine (C=N–C) groups is 1. The van der Waals surface area contributed by atoms with Crippen LogP contribution in [0.3, 0.4) is 0 Å². The SMILES string of the molecule is C=CCN1C(=O)C(=C2Sc3ccccc3N2C)SC1=Nc1ccccc1-c1ccccc1. The quantitative estimate of drug-likeness (QED) is 0.332. The van der Waals surface area contributed by atoms with Crippen LogP contribution in [0.1, 0.15) is 0 Å². The normalized spacial score (nSPS) is 19.0.